The van der Waals surface area contributed by atoms with Crippen molar-refractivity contribution in [1.82, 2.24) is 34.2 Å². The minimum Gasteiger partial charge on any atom is -0.497 e. The Morgan fingerprint density at radius 3 is 2.63 bits per heavy atom. The molecule has 38 heavy (non-hydrogen) atoms. The van der Waals surface area contributed by atoms with Gasteiger partial charge < -0.3 is 15.0 Å². The van der Waals surface area contributed by atoms with Crippen molar-refractivity contribution in [2.75, 3.05) is 7.11 Å². The molecule has 0 bridgehead atoms. The van der Waals surface area contributed by atoms with Gasteiger partial charge in [0.1, 0.15) is 11.4 Å². The molecular weight excluding hydrogens is 489 g/mol. The van der Waals surface area contributed by atoms with Gasteiger partial charge in [0.05, 0.1) is 41.0 Å². The van der Waals surface area contributed by atoms with Crippen LogP contribution < -0.4 is 15.7 Å². The van der Waals surface area contributed by atoms with Crippen LogP contribution in [0.5, 0.6) is 5.75 Å². The molecule has 10 nitrogen and oxygen atoms in total. The summed E-state index contributed by atoms with van der Waals surface area (Å²) in [6.45, 7) is 1.51. The normalized spacial score (nSPS) is 17.5. The summed E-state index contributed by atoms with van der Waals surface area (Å²) in [6, 6.07) is 7.41. The summed E-state index contributed by atoms with van der Waals surface area (Å²) < 4.78 is 25.2. The first-order valence-electron chi connectivity index (χ1n) is 12.5. The molecule has 1 fully saturated rings. The number of carbonyl (C=O) groups excluding carboxylic acids is 1. The average molecular weight is 518 g/mol. The van der Waals surface area contributed by atoms with Gasteiger partial charge in [-0.05, 0) is 37.0 Å². The fourth-order valence-electron chi connectivity index (χ4n) is 5.81. The number of aryl methyl sites for hydroxylation is 2. The molecule has 6 rings (SSSR count). The first-order valence-corrected chi connectivity index (χ1v) is 12.5. The van der Waals surface area contributed by atoms with E-state index in [2.05, 4.69) is 20.4 Å². The number of halogens is 1. The van der Waals surface area contributed by atoms with E-state index in [1.54, 1.807) is 38.2 Å². The third kappa shape index (κ3) is 3.68. The van der Waals surface area contributed by atoms with Gasteiger partial charge in [0.2, 0.25) is 11.9 Å². The minimum absolute atomic E-state index is 0.00400. The topological polar surface area (TPSA) is 112 Å². The number of rotatable bonds is 5. The largest absolute Gasteiger partial charge is 0.497 e. The summed E-state index contributed by atoms with van der Waals surface area (Å²) in [7, 11) is 5.00. The van der Waals surface area contributed by atoms with Gasteiger partial charge in [-0.2, -0.15) is 4.39 Å². The molecule has 1 aromatic carbocycles. The lowest BCUT2D eigenvalue weighted by molar-refractivity contribution is -0.119. The number of H-pyrrole nitrogens is 1. The monoisotopic (exact) mass is 517 g/mol. The second-order valence-corrected chi connectivity index (χ2v) is 9.90. The number of benzene rings is 1. The second-order valence-electron chi connectivity index (χ2n) is 9.90. The number of hydrogen-bond acceptors (Lipinski definition) is 5. The molecule has 0 aliphatic heterocycles. The summed E-state index contributed by atoms with van der Waals surface area (Å²) in [4.78, 5) is 33.3. The third-order valence-corrected chi connectivity index (χ3v) is 7.48. The van der Waals surface area contributed by atoms with E-state index in [1.807, 2.05) is 28.8 Å². The van der Waals surface area contributed by atoms with E-state index < -0.39 is 5.95 Å². The van der Waals surface area contributed by atoms with Crippen molar-refractivity contribution in [1.29, 1.82) is 0 Å². The third-order valence-electron chi connectivity index (χ3n) is 7.48. The maximum atomic E-state index is 15.0. The van der Waals surface area contributed by atoms with Crippen molar-refractivity contribution in [2.24, 2.45) is 14.1 Å². The van der Waals surface area contributed by atoms with Crippen LogP contribution in [0, 0.1) is 5.95 Å². The van der Waals surface area contributed by atoms with Crippen LogP contribution in [-0.2, 0) is 18.9 Å². The highest BCUT2D eigenvalue weighted by Gasteiger charge is 2.32. The van der Waals surface area contributed by atoms with Crippen LogP contribution in [0.4, 0.5) is 4.39 Å². The number of fused-ring (bicyclic) bond motifs is 3. The molecule has 4 heterocycles. The molecule has 5 aromatic rings. The lowest BCUT2D eigenvalue weighted by atomic mass is 9.99. The van der Waals surface area contributed by atoms with Crippen LogP contribution in [0.25, 0.3) is 44.5 Å². The van der Waals surface area contributed by atoms with Crippen molar-refractivity contribution < 1.29 is 13.9 Å². The zero-order valence-electron chi connectivity index (χ0n) is 21.6. The van der Waals surface area contributed by atoms with Crippen LogP contribution in [0.1, 0.15) is 32.2 Å². The number of imidazole rings is 1. The molecule has 1 aliphatic carbocycles. The number of aromatic amines is 1. The first kappa shape index (κ1) is 24.0. The fraction of sp³-hybridized carbons (Fsp3) is 0.333. The molecule has 4 aromatic heterocycles. The molecular formula is C27H28FN7O3. The molecule has 1 aliphatic rings. The summed E-state index contributed by atoms with van der Waals surface area (Å²) in [6.07, 6.45) is 5.48. The number of nitrogens with one attached hydrogen (secondary N) is 2. The van der Waals surface area contributed by atoms with Gasteiger partial charge in [0.25, 0.3) is 0 Å². The SMILES string of the molecule is COc1ccc(-c2c(-c3cn(C)nc3F)[nH]c3ncc4c(c23)n([C@@H]2CC[C@@H](NC(C)=O)C2)c(=O)n4C)cc1. The fourth-order valence-corrected chi connectivity index (χ4v) is 5.81. The predicted molar refractivity (Wildman–Crippen MR) is 141 cm³/mol. The quantitative estimate of drug-likeness (QED) is 0.370. The van der Waals surface area contributed by atoms with Gasteiger partial charge in [-0.1, -0.05) is 12.1 Å². The Morgan fingerprint density at radius 2 is 1.97 bits per heavy atom. The van der Waals surface area contributed by atoms with Crippen molar-refractivity contribution >= 4 is 28.0 Å². The number of aromatic nitrogens is 6. The molecule has 1 saturated carbocycles. The second kappa shape index (κ2) is 8.86. The molecule has 0 radical (unpaired) electrons. The van der Waals surface area contributed by atoms with E-state index in [4.69, 9.17) is 4.74 Å². The Labute approximate surface area is 217 Å². The van der Waals surface area contributed by atoms with Crippen LogP contribution in [-0.4, -0.2) is 47.9 Å². The number of methoxy groups -OCH3 is 1. The highest BCUT2D eigenvalue weighted by atomic mass is 19.1. The smallest absolute Gasteiger partial charge is 0.329 e. The van der Waals surface area contributed by atoms with Crippen LogP contribution in [0.3, 0.4) is 0 Å². The van der Waals surface area contributed by atoms with Crippen molar-refractivity contribution in [3.8, 4) is 28.1 Å². The van der Waals surface area contributed by atoms with Crippen LogP contribution in [0.2, 0.25) is 0 Å². The van der Waals surface area contributed by atoms with E-state index in [0.29, 0.717) is 34.6 Å². The molecule has 196 valence electrons. The van der Waals surface area contributed by atoms with E-state index in [-0.39, 0.29) is 23.7 Å². The number of hydrogen-bond donors (Lipinski definition) is 2. The Balaban J connectivity index is 1.67. The first-order chi connectivity index (χ1) is 18.3. The van der Waals surface area contributed by atoms with Gasteiger partial charge in [0.15, 0.2) is 0 Å². The molecule has 2 atom stereocenters. The van der Waals surface area contributed by atoms with E-state index >= 15 is 4.39 Å². The standard InChI is InChI=1S/C27H28FN7O3/c1-14(36)30-16-7-8-17(11-16)35-24-20(34(3)27(35)37)12-29-26-22(24)21(15-5-9-18(38-4)10-6-15)23(31-26)19-13-33(2)32-25(19)28/h5-6,9-10,12-13,16-17H,7-8,11H2,1-4H3,(H,29,31)(H,30,36)/t16-,17-/m1/s1. The number of amides is 1. The number of ether oxygens (including phenoxy) is 1. The molecule has 0 saturated heterocycles. The van der Waals surface area contributed by atoms with E-state index in [9.17, 15) is 9.59 Å². The average Bonchev–Trinajstić information content (AvgIpc) is 3.64. The molecule has 1 amide bonds. The molecule has 0 spiro atoms. The van der Waals surface area contributed by atoms with Gasteiger partial charge in [-0.3, -0.25) is 18.6 Å². The number of carbonyl (C=O) groups is 1. The maximum absolute atomic E-state index is 15.0. The molecule has 11 heteroatoms. The Hall–Kier alpha value is -4.41. The number of pyridine rings is 1. The number of nitrogens with zero attached hydrogens (tertiary/aromatic N) is 5. The summed E-state index contributed by atoms with van der Waals surface area (Å²) in [5, 5.41) is 7.63. The van der Waals surface area contributed by atoms with Crippen molar-refractivity contribution in [2.45, 2.75) is 38.3 Å². The van der Waals surface area contributed by atoms with Crippen LogP contribution in [0.15, 0.2) is 41.5 Å². The molecule has 0 unspecified atom stereocenters. The predicted octanol–water partition coefficient (Wildman–Crippen LogP) is 3.66. The van der Waals surface area contributed by atoms with Crippen LogP contribution >= 0.6 is 0 Å². The highest BCUT2D eigenvalue weighted by Crippen LogP contribution is 2.43. The zero-order valence-corrected chi connectivity index (χ0v) is 21.6. The van der Waals surface area contributed by atoms with Gasteiger partial charge in [-0.25, -0.2) is 9.78 Å². The van der Waals surface area contributed by atoms with E-state index in [0.717, 1.165) is 34.9 Å². The Kier molecular flexibility index (Phi) is 5.59. The maximum Gasteiger partial charge on any atom is 0.329 e. The zero-order chi connectivity index (χ0) is 26.7. The van der Waals surface area contributed by atoms with Gasteiger partial charge in [-0.15, -0.1) is 5.10 Å². The van der Waals surface area contributed by atoms with Crippen molar-refractivity contribution in [3.05, 3.63) is 53.1 Å². The Bertz CT molecular complexity index is 1760. The minimum atomic E-state index is -0.607. The highest BCUT2D eigenvalue weighted by molar-refractivity contribution is 6.14. The summed E-state index contributed by atoms with van der Waals surface area (Å²) in [5.74, 6) is 0.00471. The van der Waals surface area contributed by atoms with E-state index in [1.165, 1.54) is 11.6 Å². The summed E-state index contributed by atoms with van der Waals surface area (Å²) >= 11 is 0. The van der Waals surface area contributed by atoms with Gasteiger partial charge >= 0.3 is 5.69 Å². The Morgan fingerprint density at radius 1 is 1.21 bits per heavy atom. The summed E-state index contributed by atoms with van der Waals surface area (Å²) in [5.41, 5.74) is 4.17. The lowest BCUT2D eigenvalue weighted by Crippen LogP contribution is -2.31. The molecule has 2 N–H and O–H groups in total. The van der Waals surface area contributed by atoms with Crippen molar-refractivity contribution in [3.63, 3.8) is 0 Å². The van der Waals surface area contributed by atoms with Gasteiger partial charge in [0, 0.05) is 44.9 Å². The lowest BCUT2D eigenvalue weighted by Gasteiger charge is -2.15.